The number of ether oxygens (including phenoxy) is 2. The van der Waals surface area contributed by atoms with E-state index in [2.05, 4.69) is 10.6 Å². The second-order valence-corrected chi connectivity index (χ2v) is 4.19. The predicted octanol–water partition coefficient (Wildman–Crippen LogP) is 2.33. The number of thiocarbonyl (C=S) groups is 1. The van der Waals surface area contributed by atoms with Gasteiger partial charge in [0.05, 0.1) is 19.4 Å². The van der Waals surface area contributed by atoms with Gasteiger partial charge in [-0.15, -0.1) is 0 Å². The first-order valence-electron chi connectivity index (χ1n) is 5.94. The van der Waals surface area contributed by atoms with Gasteiger partial charge in [-0.3, -0.25) is 0 Å². The Kier molecular flexibility index (Phi) is 6.46. The standard InChI is InChI=1S/C13H20N2O2S/c1-4-17-8-7-14-13(18)15-11-9-10(2)5-6-12(11)16-3/h5-6,9H,4,7-8H2,1-3H3,(H2,14,15,18). The van der Waals surface area contributed by atoms with Crippen molar-refractivity contribution in [2.24, 2.45) is 0 Å². The summed E-state index contributed by atoms with van der Waals surface area (Å²) in [4.78, 5) is 0. The van der Waals surface area contributed by atoms with E-state index in [0.717, 1.165) is 17.0 Å². The Morgan fingerprint density at radius 2 is 2.17 bits per heavy atom. The largest absolute Gasteiger partial charge is 0.495 e. The Balaban J connectivity index is 2.50. The summed E-state index contributed by atoms with van der Waals surface area (Å²) in [7, 11) is 1.64. The number of aryl methyl sites for hydroxylation is 1. The molecule has 1 aromatic carbocycles. The average molecular weight is 268 g/mol. The monoisotopic (exact) mass is 268 g/mol. The molecular formula is C13H20N2O2S. The van der Waals surface area contributed by atoms with E-state index < -0.39 is 0 Å². The van der Waals surface area contributed by atoms with Crippen LogP contribution in [0.1, 0.15) is 12.5 Å². The normalized spacial score (nSPS) is 9.94. The molecule has 0 saturated heterocycles. The average Bonchev–Trinajstić information content (AvgIpc) is 2.35. The summed E-state index contributed by atoms with van der Waals surface area (Å²) in [5, 5.41) is 6.76. The van der Waals surface area contributed by atoms with Crippen LogP contribution < -0.4 is 15.4 Å². The molecule has 1 rings (SSSR count). The lowest BCUT2D eigenvalue weighted by Gasteiger charge is -2.14. The molecule has 0 aliphatic rings. The molecule has 1 aromatic rings. The maximum atomic E-state index is 5.27. The van der Waals surface area contributed by atoms with Gasteiger partial charge in [-0.1, -0.05) is 6.07 Å². The molecule has 0 atom stereocenters. The van der Waals surface area contributed by atoms with Gasteiger partial charge in [0, 0.05) is 13.2 Å². The molecule has 0 aliphatic carbocycles. The van der Waals surface area contributed by atoms with E-state index in [-0.39, 0.29) is 0 Å². The SMILES string of the molecule is CCOCCNC(=S)Nc1cc(C)ccc1OC. The lowest BCUT2D eigenvalue weighted by Crippen LogP contribution is -2.31. The van der Waals surface area contributed by atoms with E-state index in [9.17, 15) is 0 Å². The summed E-state index contributed by atoms with van der Waals surface area (Å²) < 4.78 is 10.5. The highest BCUT2D eigenvalue weighted by atomic mass is 32.1. The lowest BCUT2D eigenvalue weighted by molar-refractivity contribution is 0.152. The Morgan fingerprint density at radius 3 is 2.83 bits per heavy atom. The van der Waals surface area contributed by atoms with Crippen LogP contribution in [0.15, 0.2) is 18.2 Å². The number of nitrogens with one attached hydrogen (secondary N) is 2. The minimum absolute atomic E-state index is 0.568. The second-order valence-electron chi connectivity index (χ2n) is 3.78. The van der Waals surface area contributed by atoms with Gasteiger partial charge in [-0.05, 0) is 43.8 Å². The summed E-state index contributed by atoms with van der Waals surface area (Å²) in [6, 6.07) is 5.91. The van der Waals surface area contributed by atoms with Crippen molar-refractivity contribution in [3.8, 4) is 5.75 Å². The van der Waals surface area contributed by atoms with Crippen LogP contribution in [-0.4, -0.2) is 32.0 Å². The molecule has 0 heterocycles. The summed E-state index contributed by atoms with van der Waals surface area (Å²) in [6.45, 7) is 6.04. The fourth-order valence-corrected chi connectivity index (χ4v) is 1.68. The van der Waals surface area contributed by atoms with Crippen molar-refractivity contribution < 1.29 is 9.47 Å². The molecule has 0 bridgehead atoms. The zero-order chi connectivity index (χ0) is 13.4. The molecule has 100 valence electrons. The molecule has 5 heteroatoms. The Bertz CT molecular complexity index is 397. The van der Waals surface area contributed by atoms with Crippen LogP contribution in [0, 0.1) is 6.92 Å². The second kappa shape index (κ2) is 7.89. The van der Waals surface area contributed by atoms with Gasteiger partial charge in [-0.25, -0.2) is 0 Å². The van der Waals surface area contributed by atoms with Crippen LogP contribution in [0.2, 0.25) is 0 Å². The number of hydrogen-bond donors (Lipinski definition) is 2. The third-order valence-corrected chi connectivity index (χ3v) is 2.59. The van der Waals surface area contributed by atoms with Gasteiger partial charge >= 0.3 is 0 Å². The first kappa shape index (κ1) is 14.7. The van der Waals surface area contributed by atoms with E-state index in [1.54, 1.807) is 7.11 Å². The van der Waals surface area contributed by atoms with Crippen molar-refractivity contribution >= 4 is 23.0 Å². The highest BCUT2D eigenvalue weighted by Crippen LogP contribution is 2.24. The Hall–Kier alpha value is -1.33. The van der Waals surface area contributed by atoms with Gasteiger partial charge < -0.3 is 20.1 Å². The van der Waals surface area contributed by atoms with Crippen LogP contribution in [-0.2, 0) is 4.74 Å². The smallest absolute Gasteiger partial charge is 0.170 e. The third kappa shape index (κ3) is 4.89. The van der Waals surface area contributed by atoms with Crippen molar-refractivity contribution in [3.63, 3.8) is 0 Å². The highest BCUT2D eigenvalue weighted by Gasteiger charge is 2.04. The molecule has 0 amide bonds. The summed E-state index contributed by atoms with van der Waals surface area (Å²) >= 11 is 5.20. The summed E-state index contributed by atoms with van der Waals surface area (Å²) in [5.41, 5.74) is 2.02. The molecule has 0 radical (unpaired) electrons. The van der Waals surface area contributed by atoms with Gasteiger partial charge in [0.2, 0.25) is 0 Å². The fourth-order valence-electron chi connectivity index (χ4n) is 1.47. The zero-order valence-electron chi connectivity index (χ0n) is 11.1. The van der Waals surface area contributed by atoms with E-state index in [1.807, 2.05) is 32.0 Å². The molecule has 0 unspecified atom stereocenters. The van der Waals surface area contributed by atoms with Crippen LogP contribution in [0.4, 0.5) is 5.69 Å². The van der Waals surface area contributed by atoms with Gasteiger partial charge in [0.15, 0.2) is 5.11 Å². The van der Waals surface area contributed by atoms with Crippen molar-refractivity contribution in [3.05, 3.63) is 23.8 Å². The van der Waals surface area contributed by atoms with Crippen molar-refractivity contribution in [1.29, 1.82) is 0 Å². The molecule has 4 nitrogen and oxygen atoms in total. The number of hydrogen-bond acceptors (Lipinski definition) is 3. The van der Waals surface area contributed by atoms with Crippen LogP contribution in [0.25, 0.3) is 0 Å². The first-order chi connectivity index (χ1) is 8.67. The number of anilines is 1. The summed E-state index contributed by atoms with van der Waals surface area (Å²) in [6.07, 6.45) is 0. The molecule has 18 heavy (non-hydrogen) atoms. The minimum atomic E-state index is 0.568. The molecule has 0 fully saturated rings. The van der Waals surface area contributed by atoms with E-state index in [4.69, 9.17) is 21.7 Å². The van der Waals surface area contributed by atoms with Gasteiger partial charge in [0.1, 0.15) is 5.75 Å². The highest BCUT2D eigenvalue weighted by molar-refractivity contribution is 7.80. The predicted molar refractivity (Wildman–Crippen MR) is 78.4 cm³/mol. The fraction of sp³-hybridized carbons (Fsp3) is 0.462. The van der Waals surface area contributed by atoms with Crippen LogP contribution in [0.3, 0.4) is 0 Å². The first-order valence-corrected chi connectivity index (χ1v) is 6.35. The lowest BCUT2D eigenvalue weighted by atomic mass is 10.2. The van der Waals surface area contributed by atoms with Crippen LogP contribution in [0.5, 0.6) is 5.75 Å². The Labute approximate surface area is 114 Å². The molecule has 2 N–H and O–H groups in total. The van der Waals surface area contributed by atoms with Crippen molar-refractivity contribution in [1.82, 2.24) is 5.32 Å². The maximum Gasteiger partial charge on any atom is 0.170 e. The molecule has 0 saturated carbocycles. The van der Waals surface area contributed by atoms with E-state index >= 15 is 0 Å². The molecule has 0 spiro atoms. The van der Waals surface area contributed by atoms with E-state index in [1.165, 1.54) is 0 Å². The maximum absolute atomic E-state index is 5.27. The summed E-state index contributed by atoms with van der Waals surface area (Å²) in [5.74, 6) is 0.773. The topological polar surface area (TPSA) is 42.5 Å². The van der Waals surface area contributed by atoms with Crippen molar-refractivity contribution in [2.45, 2.75) is 13.8 Å². The van der Waals surface area contributed by atoms with Crippen molar-refractivity contribution in [2.75, 3.05) is 32.2 Å². The number of benzene rings is 1. The number of rotatable bonds is 6. The number of methoxy groups -OCH3 is 1. The quantitative estimate of drug-likeness (QED) is 0.612. The van der Waals surface area contributed by atoms with E-state index in [0.29, 0.717) is 24.9 Å². The van der Waals surface area contributed by atoms with Gasteiger partial charge in [-0.2, -0.15) is 0 Å². The van der Waals surface area contributed by atoms with Gasteiger partial charge in [0.25, 0.3) is 0 Å². The Morgan fingerprint density at radius 1 is 1.39 bits per heavy atom. The third-order valence-electron chi connectivity index (χ3n) is 2.34. The minimum Gasteiger partial charge on any atom is -0.495 e. The molecular weight excluding hydrogens is 248 g/mol. The zero-order valence-corrected chi connectivity index (χ0v) is 11.9. The molecule has 0 aliphatic heterocycles. The molecule has 0 aromatic heterocycles. The van der Waals surface area contributed by atoms with Crippen LogP contribution >= 0.6 is 12.2 Å².